The molecule has 1 saturated heterocycles. The highest BCUT2D eigenvalue weighted by molar-refractivity contribution is 5.85. The molecule has 3 N–H and O–H groups in total. The molecule has 1 aliphatic carbocycles. The normalized spacial score (nSPS) is 21.8. The molecule has 2 fully saturated rings. The molecule has 2 rings (SSSR count). The molecule has 0 aromatic rings. The topological polar surface area (TPSA) is 78.7 Å². The van der Waals surface area contributed by atoms with Gasteiger partial charge in [0.25, 0.3) is 0 Å². The lowest BCUT2D eigenvalue weighted by Crippen LogP contribution is -2.58. The maximum Gasteiger partial charge on any atom is 0.239 e. The van der Waals surface area contributed by atoms with Crippen LogP contribution in [0.1, 0.15) is 40.0 Å². The first kappa shape index (κ1) is 23.4. The fraction of sp³-hybridized carbons (Fsp3) is 0.875. The molecule has 24 heavy (non-hydrogen) atoms. The van der Waals surface area contributed by atoms with Crippen LogP contribution >= 0.6 is 24.8 Å². The van der Waals surface area contributed by atoms with E-state index in [0.29, 0.717) is 19.1 Å². The van der Waals surface area contributed by atoms with Crippen LogP contribution in [0.2, 0.25) is 0 Å². The molecule has 0 aromatic heterocycles. The standard InChI is InChI=1S/C16H30N4O2.2ClH/c1-4-11(2)14(17)16(22)20-9-7-19(8-10-20)12(3)15(21)18-13-5-6-13;;/h11-14H,4-10,17H2,1-3H3,(H,18,21);2*1H. The molecule has 142 valence electrons. The van der Waals surface area contributed by atoms with Gasteiger partial charge in [-0.1, -0.05) is 20.3 Å². The quantitative estimate of drug-likeness (QED) is 0.718. The molecule has 8 heteroatoms. The van der Waals surface area contributed by atoms with E-state index in [1.54, 1.807) is 0 Å². The summed E-state index contributed by atoms with van der Waals surface area (Å²) >= 11 is 0. The Morgan fingerprint density at radius 1 is 1.12 bits per heavy atom. The van der Waals surface area contributed by atoms with E-state index in [2.05, 4.69) is 17.1 Å². The van der Waals surface area contributed by atoms with Crippen molar-refractivity contribution in [2.24, 2.45) is 11.7 Å². The molecule has 0 spiro atoms. The number of nitrogens with two attached hydrogens (primary N) is 1. The van der Waals surface area contributed by atoms with E-state index in [-0.39, 0.29) is 48.6 Å². The van der Waals surface area contributed by atoms with Gasteiger partial charge in [-0.25, -0.2) is 0 Å². The lowest BCUT2D eigenvalue weighted by Gasteiger charge is -2.38. The molecule has 3 atom stereocenters. The van der Waals surface area contributed by atoms with Crippen LogP contribution < -0.4 is 11.1 Å². The molecule has 2 aliphatic rings. The first-order chi connectivity index (χ1) is 10.4. The lowest BCUT2D eigenvalue weighted by atomic mass is 9.98. The maximum absolute atomic E-state index is 12.4. The smallest absolute Gasteiger partial charge is 0.239 e. The predicted octanol–water partition coefficient (Wildman–Crippen LogP) is 1.01. The van der Waals surface area contributed by atoms with E-state index in [9.17, 15) is 9.59 Å². The van der Waals surface area contributed by atoms with E-state index in [0.717, 1.165) is 32.4 Å². The van der Waals surface area contributed by atoms with Crippen LogP contribution in [0.25, 0.3) is 0 Å². The number of halogens is 2. The van der Waals surface area contributed by atoms with Gasteiger partial charge in [-0.2, -0.15) is 0 Å². The van der Waals surface area contributed by atoms with Gasteiger partial charge in [-0.15, -0.1) is 24.8 Å². The van der Waals surface area contributed by atoms with Gasteiger partial charge in [0.05, 0.1) is 12.1 Å². The van der Waals surface area contributed by atoms with Crippen LogP contribution in [0.4, 0.5) is 0 Å². The highest BCUT2D eigenvalue weighted by Crippen LogP contribution is 2.19. The van der Waals surface area contributed by atoms with Gasteiger partial charge in [0.15, 0.2) is 0 Å². The van der Waals surface area contributed by atoms with Gasteiger partial charge in [0.1, 0.15) is 0 Å². The lowest BCUT2D eigenvalue weighted by molar-refractivity contribution is -0.136. The number of nitrogens with one attached hydrogen (secondary N) is 1. The van der Waals surface area contributed by atoms with Crippen LogP contribution in [0.3, 0.4) is 0 Å². The third-order valence-corrected chi connectivity index (χ3v) is 5.02. The zero-order valence-corrected chi connectivity index (χ0v) is 16.5. The summed E-state index contributed by atoms with van der Waals surface area (Å²) in [7, 11) is 0. The Labute approximate surface area is 157 Å². The minimum Gasteiger partial charge on any atom is -0.352 e. The average molecular weight is 383 g/mol. The minimum absolute atomic E-state index is 0. The second-order valence-electron chi connectivity index (χ2n) is 6.73. The molecule has 6 nitrogen and oxygen atoms in total. The number of amides is 2. The highest BCUT2D eigenvalue weighted by Gasteiger charge is 2.32. The molecule has 1 aliphatic heterocycles. The highest BCUT2D eigenvalue weighted by atomic mass is 35.5. The van der Waals surface area contributed by atoms with Gasteiger partial charge in [0.2, 0.25) is 11.8 Å². The summed E-state index contributed by atoms with van der Waals surface area (Å²) in [6.07, 6.45) is 3.12. The molecule has 3 unspecified atom stereocenters. The summed E-state index contributed by atoms with van der Waals surface area (Å²) in [6, 6.07) is -0.139. The van der Waals surface area contributed by atoms with Crippen LogP contribution in [0.15, 0.2) is 0 Å². The van der Waals surface area contributed by atoms with Crippen LogP contribution in [-0.4, -0.2) is 65.9 Å². The Morgan fingerprint density at radius 3 is 2.12 bits per heavy atom. The number of hydrogen-bond acceptors (Lipinski definition) is 4. The Kier molecular flexibility index (Phi) is 10.2. The van der Waals surface area contributed by atoms with Gasteiger partial charge in [-0.05, 0) is 25.7 Å². The van der Waals surface area contributed by atoms with Gasteiger partial charge in [0, 0.05) is 32.2 Å². The van der Waals surface area contributed by atoms with Crippen molar-refractivity contribution in [2.45, 2.75) is 58.2 Å². The van der Waals surface area contributed by atoms with Crippen molar-refractivity contribution in [3.63, 3.8) is 0 Å². The van der Waals surface area contributed by atoms with Gasteiger partial charge >= 0.3 is 0 Å². The van der Waals surface area contributed by atoms with Gasteiger partial charge < -0.3 is 16.0 Å². The molecule has 0 radical (unpaired) electrons. The molecular formula is C16H32Cl2N4O2. The number of carbonyl (C=O) groups is 2. The Hall–Kier alpha value is -0.560. The minimum atomic E-state index is -0.410. The van der Waals surface area contributed by atoms with Crippen molar-refractivity contribution >= 4 is 36.6 Å². The monoisotopic (exact) mass is 382 g/mol. The second kappa shape index (κ2) is 10.4. The number of carbonyl (C=O) groups excluding carboxylic acids is 2. The van der Waals surface area contributed by atoms with Crippen molar-refractivity contribution < 1.29 is 9.59 Å². The third kappa shape index (κ3) is 6.06. The Balaban J connectivity index is 0.00000264. The summed E-state index contributed by atoms with van der Waals surface area (Å²) in [5, 5.41) is 3.04. The number of piperazine rings is 1. The van der Waals surface area contributed by atoms with Crippen molar-refractivity contribution in [3.8, 4) is 0 Å². The van der Waals surface area contributed by atoms with Gasteiger partial charge in [-0.3, -0.25) is 14.5 Å². The molecular weight excluding hydrogens is 351 g/mol. The van der Waals surface area contributed by atoms with Crippen molar-refractivity contribution in [2.75, 3.05) is 26.2 Å². The molecule has 0 aromatic carbocycles. The van der Waals surface area contributed by atoms with Crippen LogP contribution in [-0.2, 0) is 9.59 Å². The first-order valence-corrected chi connectivity index (χ1v) is 8.52. The number of rotatable bonds is 6. The van der Waals surface area contributed by atoms with E-state index >= 15 is 0 Å². The van der Waals surface area contributed by atoms with E-state index in [1.807, 2.05) is 18.7 Å². The molecule has 0 bridgehead atoms. The fourth-order valence-electron chi connectivity index (χ4n) is 2.75. The number of hydrogen-bond donors (Lipinski definition) is 2. The SMILES string of the molecule is CCC(C)C(N)C(=O)N1CCN(C(C)C(=O)NC2CC2)CC1.Cl.Cl. The predicted molar refractivity (Wildman–Crippen MR) is 101 cm³/mol. The van der Waals surface area contributed by atoms with E-state index in [1.165, 1.54) is 0 Å². The first-order valence-electron chi connectivity index (χ1n) is 8.52. The van der Waals surface area contributed by atoms with Crippen molar-refractivity contribution in [1.82, 2.24) is 15.1 Å². The maximum atomic E-state index is 12.4. The van der Waals surface area contributed by atoms with Crippen molar-refractivity contribution in [1.29, 1.82) is 0 Å². The Bertz CT molecular complexity index is 413. The summed E-state index contributed by atoms with van der Waals surface area (Å²) < 4.78 is 0. The number of nitrogens with zero attached hydrogens (tertiary/aromatic N) is 2. The summed E-state index contributed by atoms with van der Waals surface area (Å²) in [5.74, 6) is 0.358. The molecule has 1 heterocycles. The largest absolute Gasteiger partial charge is 0.352 e. The summed E-state index contributed by atoms with van der Waals surface area (Å²) in [6.45, 7) is 8.80. The third-order valence-electron chi connectivity index (χ3n) is 5.02. The van der Waals surface area contributed by atoms with E-state index in [4.69, 9.17) is 5.73 Å². The zero-order chi connectivity index (χ0) is 16.3. The average Bonchev–Trinajstić information content (AvgIpc) is 3.36. The summed E-state index contributed by atoms with van der Waals surface area (Å²) in [5.41, 5.74) is 6.04. The van der Waals surface area contributed by atoms with Crippen LogP contribution in [0.5, 0.6) is 0 Å². The molecule has 1 saturated carbocycles. The van der Waals surface area contributed by atoms with E-state index < -0.39 is 6.04 Å². The summed E-state index contributed by atoms with van der Waals surface area (Å²) in [4.78, 5) is 28.5. The Morgan fingerprint density at radius 2 is 1.67 bits per heavy atom. The van der Waals surface area contributed by atoms with Crippen LogP contribution in [0, 0.1) is 5.92 Å². The second-order valence-corrected chi connectivity index (χ2v) is 6.73. The molecule has 2 amide bonds. The fourth-order valence-corrected chi connectivity index (χ4v) is 2.75. The van der Waals surface area contributed by atoms with Crippen molar-refractivity contribution in [3.05, 3.63) is 0 Å². The zero-order valence-electron chi connectivity index (χ0n) is 14.9.